The molecular weight excluding hydrogens is 192 g/mol. The highest BCUT2D eigenvalue weighted by Crippen LogP contribution is 2.03. The van der Waals surface area contributed by atoms with Crippen LogP contribution in [0, 0.1) is 0 Å². The molecule has 0 spiro atoms. The van der Waals surface area contributed by atoms with E-state index in [1.807, 2.05) is 6.92 Å². The van der Waals surface area contributed by atoms with E-state index < -0.39 is 0 Å². The Bertz CT molecular complexity index is 205. The van der Waals surface area contributed by atoms with Crippen molar-refractivity contribution in [1.82, 2.24) is 5.01 Å². The maximum absolute atomic E-state index is 11.4. The molecule has 0 unspecified atom stereocenters. The van der Waals surface area contributed by atoms with Crippen LogP contribution in [-0.2, 0) is 9.59 Å². The number of rotatable bonds is 7. The Balaban J connectivity index is 3.80. The fraction of sp³-hybridized carbons (Fsp3) is 0.818. The molecule has 0 aromatic rings. The van der Waals surface area contributed by atoms with Crippen molar-refractivity contribution in [3.63, 3.8) is 0 Å². The summed E-state index contributed by atoms with van der Waals surface area (Å²) in [5, 5.41) is 0.783. The third-order valence-corrected chi connectivity index (χ3v) is 2.28. The van der Waals surface area contributed by atoms with Gasteiger partial charge in [-0.15, -0.1) is 0 Å². The SMILES string of the molecule is CCCCCC(=O)N(N)C(=O)CCCC. The molecule has 4 heteroatoms. The molecule has 0 aliphatic carbocycles. The van der Waals surface area contributed by atoms with Crippen molar-refractivity contribution in [2.45, 2.75) is 58.8 Å². The first-order valence-electron chi connectivity index (χ1n) is 5.73. The fourth-order valence-electron chi connectivity index (χ4n) is 1.23. The number of nitrogens with zero attached hydrogens (tertiary/aromatic N) is 1. The summed E-state index contributed by atoms with van der Waals surface area (Å²) in [6, 6.07) is 0. The first-order valence-corrected chi connectivity index (χ1v) is 5.73. The maximum Gasteiger partial charge on any atom is 0.243 e. The molecule has 0 atom stereocenters. The molecule has 2 N–H and O–H groups in total. The van der Waals surface area contributed by atoms with Gasteiger partial charge in [-0.05, 0) is 12.8 Å². The maximum atomic E-state index is 11.4. The van der Waals surface area contributed by atoms with Gasteiger partial charge in [0.05, 0.1) is 0 Å². The van der Waals surface area contributed by atoms with Crippen molar-refractivity contribution in [3.05, 3.63) is 0 Å². The molecule has 15 heavy (non-hydrogen) atoms. The van der Waals surface area contributed by atoms with Crippen molar-refractivity contribution in [2.24, 2.45) is 5.84 Å². The highest BCUT2D eigenvalue weighted by Gasteiger charge is 2.15. The van der Waals surface area contributed by atoms with E-state index in [-0.39, 0.29) is 11.8 Å². The second-order valence-corrected chi connectivity index (χ2v) is 3.72. The largest absolute Gasteiger partial charge is 0.273 e. The molecule has 4 nitrogen and oxygen atoms in total. The van der Waals surface area contributed by atoms with Crippen LogP contribution in [0.25, 0.3) is 0 Å². The summed E-state index contributed by atoms with van der Waals surface area (Å²) in [6.45, 7) is 4.06. The van der Waals surface area contributed by atoms with Gasteiger partial charge in [0.2, 0.25) is 11.8 Å². The first kappa shape index (κ1) is 14.1. The van der Waals surface area contributed by atoms with Gasteiger partial charge in [-0.3, -0.25) is 9.59 Å². The molecule has 2 amide bonds. The Morgan fingerprint density at radius 3 is 1.87 bits per heavy atom. The smallest absolute Gasteiger partial charge is 0.243 e. The average Bonchev–Trinajstić information content (AvgIpc) is 2.24. The minimum atomic E-state index is -0.265. The molecule has 0 radical (unpaired) electrons. The monoisotopic (exact) mass is 214 g/mol. The molecular formula is C11H22N2O2. The number of nitrogens with two attached hydrogens (primary N) is 1. The van der Waals surface area contributed by atoms with E-state index in [9.17, 15) is 9.59 Å². The zero-order valence-electron chi connectivity index (χ0n) is 9.79. The molecule has 0 fully saturated rings. The van der Waals surface area contributed by atoms with Gasteiger partial charge in [-0.1, -0.05) is 33.1 Å². The Morgan fingerprint density at radius 2 is 1.40 bits per heavy atom. The average molecular weight is 214 g/mol. The van der Waals surface area contributed by atoms with Crippen LogP contribution in [0.2, 0.25) is 0 Å². The summed E-state index contributed by atoms with van der Waals surface area (Å²) in [5.41, 5.74) is 0. The zero-order chi connectivity index (χ0) is 11.7. The molecule has 0 saturated carbocycles. The quantitative estimate of drug-likeness (QED) is 0.305. The Labute approximate surface area is 91.8 Å². The highest BCUT2D eigenvalue weighted by molar-refractivity contribution is 5.94. The molecule has 0 rings (SSSR count). The van der Waals surface area contributed by atoms with Crippen molar-refractivity contribution < 1.29 is 9.59 Å². The lowest BCUT2D eigenvalue weighted by Gasteiger charge is -2.14. The van der Waals surface area contributed by atoms with Crippen LogP contribution in [-0.4, -0.2) is 16.8 Å². The predicted octanol–water partition coefficient (Wildman–Crippen LogP) is 1.99. The van der Waals surface area contributed by atoms with E-state index in [1.165, 1.54) is 0 Å². The molecule has 0 aliphatic rings. The lowest BCUT2D eigenvalue weighted by molar-refractivity contribution is -0.145. The molecule has 0 aliphatic heterocycles. The van der Waals surface area contributed by atoms with Crippen molar-refractivity contribution >= 4 is 11.8 Å². The normalized spacial score (nSPS) is 10.1. The van der Waals surface area contributed by atoms with E-state index >= 15 is 0 Å². The van der Waals surface area contributed by atoms with E-state index in [2.05, 4.69) is 6.92 Å². The summed E-state index contributed by atoms with van der Waals surface area (Å²) >= 11 is 0. The Kier molecular flexibility index (Phi) is 7.91. The van der Waals surface area contributed by atoms with E-state index in [0.29, 0.717) is 12.8 Å². The van der Waals surface area contributed by atoms with Crippen molar-refractivity contribution in [3.8, 4) is 0 Å². The van der Waals surface area contributed by atoms with Crippen LogP contribution < -0.4 is 5.84 Å². The van der Waals surface area contributed by atoms with Gasteiger partial charge in [-0.2, -0.15) is 0 Å². The number of amides is 2. The summed E-state index contributed by atoms with van der Waals surface area (Å²) in [4.78, 5) is 22.8. The standard InChI is InChI=1S/C11H22N2O2/c1-3-5-7-9-11(15)13(12)10(14)8-6-4-2/h3-9,12H2,1-2H3. The van der Waals surface area contributed by atoms with Gasteiger partial charge in [0.1, 0.15) is 0 Å². The van der Waals surface area contributed by atoms with Gasteiger partial charge in [0.25, 0.3) is 0 Å². The third kappa shape index (κ3) is 6.23. The number of hydrogen-bond acceptors (Lipinski definition) is 3. The first-order chi connectivity index (χ1) is 7.13. The van der Waals surface area contributed by atoms with Gasteiger partial charge >= 0.3 is 0 Å². The van der Waals surface area contributed by atoms with Crippen LogP contribution in [0.15, 0.2) is 0 Å². The third-order valence-electron chi connectivity index (χ3n) is 2.28. The molecule has 0 aromatic carbocycles. The summed E-state index contributed by atoms with van der Waals surface area (Å²) < 4.78 is 0. The number of imide groups is 1. The summed E-state index contributed by atoms with van der Waals surface area (Å²) in [7, 11) is 0. The van der Waals surface area contributed by atoms with Gasteiger partial charge in [-0.25, -0.2) is 10.9 Å². The zero-order valence-corrected chi connectivity index (χ0v) is 9.79. The van der Waals surface area contributed by atoms with E-state index in [0.717, 1.165) is 37.1 Å². The van der Waals surface area contributed by atoms with Gasteiger partial charge < -0.3 is 0 Å². The van der Waals surface area contributed by atoms with Crippen LogP contribution in [0.1, 0.15) is 58.8 Å². The second kappa shape index (κ2) is 8.41. The minimum absolute atomic E-state index is 0.260. The lowest BCUT2D eigenvalue weighted by atomic mass is 10.2. The number of unbranched alkanes of at least 4 members (excludes halogenated alkanes) is 3. The molecule has 88 valence electrons. The number of hydrazine groups is 1. The number of hydrogen-bond donors (Lipinski definition) is 1. The molecule has 0 bridgehead atoms. The van der Waals surface area contributed by atoms with Crippen LogP contribution >= 0.6 is 0 Å². The number of carbonyl (C=O) groups excluding carboxylic acids is 2. The van der Waals surface area contributed by atoms with Crippen LogP contribution in [0.5, 0.6) is 0 Å². The topological polar surface area (TPSA) is 63.4 Å². The number of carbonyl (C=O) groups is 2. The lowest BCUT2D eigenvalue weighted by Crippen LogP contribution is -2.42. The summed E-state index contributed by atoms with van der Waals surface area (Å²) in [6.07, 6.45) is 5.33. The molecule has 0 saturated heterocycles. The van der Waals surface area contributed by atoms with E-state index in [1.54, 1.807) is 0 Å². The molecule has 0 heterocycles. The van der Waals surface area contributed by atoms with Crippen LogP contribution in [0.3, 0.4) is 0 Å². The van der Waals surface area contributed by atoms with Crippen molar-refractivity contribution in [1.29, 1.82) is 0 Å². The van der Waals surface area contributed by atoms with Gasteiger partial charge in [0, 0.05) is 12.8 Å². The Hall–Kier alpha value is -0.900. The fourth-order valence-corrected chi connectivity index (χ4v) is 1.23. The minimum Gasteiger partial charge on any atom is -0.273 e. The highest BCUT2D eigenvalue weighted by atomic mass is 16.2. The Morgan fingerprint density at radius 1 is 0.933 bits per heavy atom. The van der Waals surface area contributed by atoms with Gasteiger partial charge in [0.15, 0.2) is 0 Å². The predicted molar refractivity (Wildman–Crippen MR) is 59.7 cm³/mol. The molecule has 0 aromatic heterocycles. The van der Waals surface area contributed by atoms with E-state index in [4.69, 9.17) is 5.84 Å². The van der Waals surface area contributed by atoms with Crippen LogP contribution in [0.4, 0.5) is 0 Å². The second-order valence-electron chi connectivity index (χ2n) is 3.72. The summed E-state index contributed by atoms with van der Waals surface area (Å²) in [5.74, 6) is 4.89. The van der Waals surface area contributed by atoms with Crippen molar-refractivity contribution in [2.75, 3.05) is 0 Å².